The van der Waals surface area contributed by atoms with Crippen LogP contribution in [-0.2, 0) is 19.5 Å². The smallest absolute Gasteiger partial charge is 0.191 e. The molecule has 1 unspecified atom stereocenters. The van der Waals surface area contributed by atoms with E-state index in [2.05, 4.69) is 44.5 Å². The van der Waals surface area contributed by atoms with Crippen molar-refractivity contribution in [1.82, 2.24) is 30.4 Å². The first-order valence-corrected chi connectivity index (χ1v) is 8.82. The molecular formula is C15H23N7S. The van der Waals surface area contributed by atoms with Crippen molar-refractivity contribution < 1.29 is 0 Å². The summed E-state index contributed by atoms with van der Waals surface area (Å²) >= 11 is 1.69. The quantitative estimate of drug-likeness (QED) is 0.653. The van der Waals surface area contributed by atoms with Gasteiger partial charge >= 0.3 is 0 Å². The number of aliphatic imine (C=N–C) groups is 1. The van der Waals surface area contributed by atoms with E-state index in [4.69, 9.17) is 0 Å². The minimum atomic E-state index is 0.319. The van der Waals surface area contributed by atoms with Crippen LogP contribution >= 0.6 is 11.3 Å². The maximum absolute atomic E-state index is 4.65. The number of rotatable bonds is 4. The Kier molecular flexibility index (Phi) is 4.90. The molecule has 2 aromatic heterocycles. The van der Waals surface area contributed by atoms with E-state index in [0.29, 0.717) is 12.6 Å². The second-order valence-corrected chi connectivity index (χ2v) is 7.02. The zero-order valence-electron chi connectivity index (χ0n) is 13.8. The lowest BCUT2D eigenvalue weighted by Crippen LogP contribution is -2.47. The summed E-state index contributed by atoms with van der Waals surface area (Å²) in [6.07, 6.45) is 3.88. The van der Waals surface area contributed by atoms with Crippen LogP contribution in [0.1, 0.15) is 34.9 Å². The van der Waals surface area contributed by atoms with Gasteiger partial charge in [0.05, 0.1) is 13.1 Å². The van der Waals surface area contributed by atoms with Crippen molar-refractivity contribution in [3.05, 3.63) is 27.7 Å². The summed E-state index contributed by atoms with van der Waals surface area (Å²) in [5.41, 5.74) is 0. The fraction of sp³-hybridized carbons (Fsp3) is 0.600. The first-order chi connectivity index (χ1) is 11.1. The van der Waals surface area contributed by atoms with Gasteiger partial charge in [0, 0.05) is 30.1 Å². The van der Waals surface area contributed by atoms with Crippen molar-refractivity contribution in [3.63, 3.8) is 0 Å². The fourth-order valence-electron chi connectivity index (χ4n) is 2.69. The van der Waals surface area contributed by atoms with Gasteiger partial charge in [0.25, 0.3) is 0 Å². The van der Waals surface area contributed by atoms with Gasteiger partial charge in [-0.2, -0.15) is 5.10 Å². The Labute approximate surface area is 140 Å². The normalized spacial score (nSPS) is 17.9. The van der Waals surface area contributed by atoms with Crippen molar-refractivity contribution in [2.24, 2.45) is 4.99 Å². The van der Waals surface area contributed by atoms with Gasteiger partial charge in [-0.15, -0.1) is 11.3 Å². The lowest BCUT2D eigenvalue weighted by Gasteiger charge is -2.25. The minimum Gasteiger partial charge on any atom is -0.357 e. The highest BCUT2D eigenvalue weighted by molar-refractivity contribution is 7.11. The maximum atomic E-state index is 4.65. The SMILES string of the molecule is CCNC(=NCc1ncc(C)s1)NC1CCc2nc(C)nn2C1. The first-order valence-electron chi connectivity index (χ1n) is 8.00. The molecule has 8 heteroatoms. The third-order valence-corrected chi connectivity index (χ3v) is 4.59. The van der Waals surface area contributed by atoms with Gasteiger partial charge in [0.1, 0.15) is 16.7 Å². The number of hydrogen-bond donors (Lipinski definition) is 2. The molecule has 3 rings (SSSR count). The van der Waals surface area contributed by atoms with Gasteiger partial charge in [0.15, 0.2) is 5.96 Å². The van der Waals surface area contributed by atoms with Gasteiger partial charge in [0.2, 0.25) is 0 Å². The van der Waals surface area contributed by atoms with E-state index in [-0.39, 0.29) is 0 Å². The van der Waals surface area contributed by atoms with Crippen LogP contribution in [0.15, 0.2) is 11.2 Å². The van der Waals surface area contributed by atoms with Crippen molar-refractivity contribution in [2.75, 3.05) is 6.54 Å². The lowest BCUT2D eigenvalue weighted by atomic mass is 10.1. The summed E-state index contributed by atoms with van der Waals surface area (Å²) in [6, 6.07) is 0.319. The van der Waals surface area contributed by atoms with E-state index < -0.39 is 0 Å². The molecule has 124 valence electrons. The topological polar surface area (TPSA) is 80.0 Å². The summed E-state index contributed by atoms with van der Waals surface area (Å²) in [5, 5.41) is 12.3. The molecule has 1 aliphatic rings. The van der Waals surface area contributed by atoms with Crippen LogP contribution in [0.5, 0.6) is 0 Å². The molecule has 1 atom stereocenters. The molecule has 7 nitrogen and oxygen atoms in total. The van der Waals surface area contributed by atoms with Crippen molar-refractivity contribution in [2.45, 2.75) is 52.7 Å². The third kappa shape index (κ3) is 4.07. The average molecular weight is 333 g/mol. The Hall–Kier alpha value is -1.96. The molecule has 0 saturated heterocycles. The molecule has 0 fully saturated rings. The van der Waals surface area contributed by atoms with Crippen LogP contribution in [0.4, 0.5) is 0 Å². The van der Waals surface area contributed by atoms with E-state index in [1.165, 1.54) is 4.88 Å². The number of nitrogens with zero attached hydrogens (tertiary/aromatic N) is 5. The van der Waals surface area contributed by atoms with Gasteiger partial charge in [-0.1, -0.05) is 0 Å². The monoisotopic (exact) mass is 333 g/mol. The van der Waals surface area contributed by atoms with Crippen molar-refractivity contribution >= 4 is 17.3 Å². The summed E-state index contributed by atoms with van der Waals surface area (Å²) in [6.45, 7) is 8.35. The molecule has 0 bridgehead atoms. The molecule has 0 radical (unpaired) electrons. The third-order valence-electron chi connectivity index (χ3n) is 3.69. The number of fused-ring (bicyclic) bond motifs is 1. The second-order valence-electron chi connectivity index (χ2n) is 5.70. The Bertz CT molecular complexity index is 688. The maximum Gasteiger partial charge on any atom is 0.191 e. The summed E-state index contributed by atoms with van der Waals surface area (Å²) in [7, 11) is 0. The average Bonchev–Trinajstić information content (AvgIpc) is 3.09. The van der Waals surface area contributed by atoms with Crippen LogP contribution in [-0.4, -0.2) is 38.3 Å². The van der Waals surface area contributed by atoms with Crippen LogP contribution in [0.25, 0.3) is 0 Å². The molecular weight excluding hydrogens is 310 g/mol. The van der Waals surface area contributed by atoms with Crippen LogP contribution < -0.4 is 10.6 Å². The summed E-state index contributed by atoms with van der Waals surface area (Å²) < 4.78 is 2.00. The number of hydrogen-bond acceptors (Lipinski definition) is 5. The molecule has 1 aliphatic heterocycles. The van der Waals surface area contributed by atoms with E-state index in [9.17, 15) is 0 Å². The molecule has 0 aromatic carbocycles. The summed E-state index contributed by atoms with van der Waals surface area (Å²) in [5.74, 6) is 2.77. The number of aromatic nitrogens is 4. The minimum absolute atomic E-state index is 0.319. The van der Waals surface area contributed by atoms with Gasteiger partial charge < -0.3 is 10.6 Å². The second kappa shape index (κ2) is 7.08. The molecule has 23 heavy (non-hydrogen) atoms. The van der Waals surface area contributed by atoms with E-state index in [1.54, 1.807) is 11.3 Å². The van der Waals surface area contributed by atoms with E-state index >= 15 is 0 Å². The van der Waals surface area contributed by atoms with Crippen LogP contribution in [0.2, 0.25) is 0 Å². The highest BCUT2D eigenvalue weighted by Gasteiger charge is 2.21. The van der Waals surface area contributed by atoms with Gasteiger partial charge in [-0.25, -0.2) is 19.6 Å². The zero-order valence-corrected chi connectivity index (χ0v) is 14.7. The predicted octanol–water partition coefficient (Wildman–Crippen LogP) is 1.42. The Morgan fingerprint density at radius 3 is 3.09 bits per heavy atom. The molecule has 0 amide bonds. The molecule has 2 N–H and O–H groups in total. The Morgan fingerprint density at radius 1 is 1.48 bits per heavy atom. The van der Waals surface area contributed by atoms with Crippen molar-refractivity contribution in [3.8, 4) is 0 Å². The summed E-state index contributed by atoms with van der Waals surface area (Å²) in [4.78, 5) is 14.7. The van der Waals surface area contributed by atoms with Gasteiger partial charge in [-0.05, 0) is 27.2 Å². The predicted molar refractivity (Wildman–Crippen MR) is 91.7 cm³/mol. The molecule has 0 saturated carbocycles. The van der Waals surface area contributed by atoms with E-state index in [1.807, 2.05) is 17.8 Å². The largest absolute Gasteiger partial charge is 0.357 e. The first kappa shape index (κ1) is 15.9. The highest BCUT2D eigenvalue weighted by atomic mass is 32.1. The molecule has 0 spiro atoms. The highest BCUT2D eigenvalue weighted by Crippen LogP contribution is 2.14. The lowest BCUT2D eigenvalue weighted by molar-refractivity contribution is 0.392. The number of aryl methyl sites for hydroxylation is 3. The van der Waals surface area contributed by atoms with Gasteiger partial charge in [-0.3, -0.25) is 0 Å². The number of thiazole rings is 1. The fourth-order valence-corrected chi connectivity index (χ4v) is 3.40. The Morgan fingerprint density at radius 2 is 2.35 bits per heavy atom. The van der Waals surface area contributed by atoms with Crippen LogP contribution in [0.3, 0.4) is 0 Å². The number of nitrogens with one attached hydrogen (secondary N) is 2. The molecule has 3 heterocycles. The molecule has 2 aromatic rings. The standard InChI is InChI=1S/C15H23N7S/c1-4-16-15(18-8-14-17-7-10(2)23-14)20-12-5-6-13-19-11(3)21-22(13)9-12/h7,12H,4-6,8-9H2,1-3H3,(H2,16,18,20). The zero-order chi connectivity index (χ0) is 16.2. The Balaban J connectivity index is 1.63. The van der Waals surface area contributed by atoms with Crippen LogP contribution in [0, 0.1) is 13.8 Å². The van der Waals surface area contributed by atoms with E-state index in [0.717, 1.165) is 48.5 Å². The molecule has 0 aliphatic carbocycles. The number of guanidine groups is 1. The van der Waals surface area contributed by atoms with Crippen molar-refractivity contribution in [1.29, 1.82) is 0 Å².